The minimum Gasteiger partial charge on any atom is -0.324 e. The van der Waals surface area contributed by atoms with Gasteiger partial charge in [0.05, 0.1) is 5.69 Å². The number of halogens is 3. The molecule has 2 aliphatic rings. The number of carbonyl (C=O) groups excluding carboxylic acids is 1. The van der Waals surface area contributed by atoms with Gasteiger partial charge < -0.3 is 10.2 Å². The maximum atomic E-state index is 13.3. The Balaban J connectivity index is 1.72. The lowest BCUT2D eigenvalue weighted by atomic mass is 10.3. The van der Waals surface area contributed by atoms with E-state index in [4.69, 9.17) is 0 Å². The highest BCUT2D eigenvalue weighted by Gasteiger charge is 2.46. The highest BCUT2D eigenvalue weighted by atomic mass is 19.2. The number of anilines is 1. The van der Waals surface area contributed by atoms with Gasteiger partial charge in [-0.05, 0) is 18.3 Å². The fraction of sp³-hybridized carbons (Fsp3) is 0.417. The van der Waals surface area contributed by atoms with Crippen molar-refractivity contribution in [2.75, 3.05) is 18.4 Å². The SMILES string of the molecule is O=C(Nc1cc(F)c(F)cc1F)N1C[C@H]2C[C@H]2C1. The van der Waals surface area contributed by atoms with E-state index in [9.17, 15) is 18.0 Å². The third-order valence-electron chi connectivity index (χ3n) is 3.52. The van der Waals surface area contributed by atoms with Crippen molar-refractivity contribution < 1.29 is 18.0 Å². The van der Waals surface area contributed by atoms with Crippen LogP contribution >= 0.6 is 0 Å². The molecule has 96 valence electrons. The van der Waals surface area contributed by atoms with Gasteiger partial charge in [-0.15, -0.1) is 0 Å². The normalized spacial score (nSPS) is 24.9. The van der Waals surface area contributed by atoms with Crippen LogP contribution in [0, 0.1) is 29.3 Å². The summed E-state index contributed by atoms with van der Waals surface area (Å²) in [6.07, 6.45) is 1.14. The molecule has 2 fully saturated rings. The lowest BCUT2D eigenvalue weighted by molar-refractivity contribution is 0.217. The number of nitrogens with zero attached hydrogens (tertiary/aromatic N) is 1. The highest BCUT2D eigenvalue weighted by molar-refractivity contribution is 5.89. The van der Waals surface area contributed by atoms with Crippen LogP contribution in [0.5, 0.6) is 0 Å². The minimum absolute atomic E-state index is 0.334. The largest absolute Gasteiger partial charge is 0.324 e. The quantitative estimate of drug-likeness (QED) is 0.769. The Labute approximate surface area is 102 Å². The Kier molecular flexibility index (Phi) is 2.46. The first-order valence-electron chi connectivity index (χ1n) is 5.75. The zero-order chi connectivity index (χ0) is 12.9. The molecule has 2 atom stereocenters. The number of piperidine rings is 1. The minimum atomic E-state index is -1.27. The smallest absolute Gasteiger partial charge is 0.321 e. The molecular formula is C12H11F3N2O. The van der Waals surface area contributed by atoms with E-state index >= 15 is 0 Å². The third kappa shape index (κ3) is 1.91. The standard InChI is InChI=1S/C12H11F3N2O/c13-8-2-10(15)11(3-9(8)14)16-12(18)17-4-6-1-7(6)5-17/h2-3,6-7H,1,4-5H2,(H,16,18)/t6-,7+. The molecule has 0 bridgehead atoms. The molecule has 6 heteroatoms. The molecular weight excluding hydrogens is 245 g/mol. The number of likely N-dealkylation sites (tertiary alicyclic amines) is 1. The van der Waals surface area contributed by atoms with Crippen LogP contribution in [0.2, 0.25) is 0 Å². The fourth-order valence-corrected chi connectivity index (χ4v) is 2.38. The van der Waals surface area contributed by atoms with Gasteiger partial charge in [0.25, 0.3) is 0 Å². The van der Waals surface area contributed by atoms with Crippen LogP contribution in [0.3, 0.4) is 0 Å². The highest BCUT2D eigenvalue weighted by Crippen LogP contribution is 2.44. The predicted molar refractivity (Wildman–Crippen MR) is 58.5 cm³/mol. The maximum Gasteiger partial charge on any atom is 0.321 e. The van der Waals surface area contributed by atoms with Gasteiger partial charge in [-0.25, -0.2) is 18.0 Å². The van der Waals surface area contributed by atoms with Crippen LogP contribution in [0.1, 0.15) is 6.42 Å². The number of carbonyl (C=O) groups is 1. The second-order valence-electron chi connectivity index (χ2n) is 4.84. The van der Waals surface area contributed by atoms with E-state index in [1.54, 1.807) is 4.90 Å². The summed E-state index contributed by atoms with van der Waals surface area (Å²) in [5, 5.41) is 2.27. The molecule has 0 unspecified atom stereocenters. The number of amides is 2. The van der Waals surface area contributed by atoms with E-state index in [0.717, 1.165) is 6.42 Å². The lowest BCUT2D eigenvalue weighted by Crippen LogP contribution is -2.34. The summed E-state index contributed by atoms with van der Waals surface area (Å²) in [5.41, 5.74) is -0.334. The second-order valence-corrected chi connectivity index (χ2v) is 4.84. The van der Waals surface area contributed by atoms with Crippen LogP contribution in [0.25, 0.3) is 0 Å². The monoisotopic (exact) mass is 256 g/mol. The Morgan fingerprint density at radius 3 is 2.39 bits per heavy atom. The zero-order valence-corrected chi connectivity index (χ0v) is 9.42. The fourth-order valence-electron chi connectivity index (χ4n) is 2.38. The number of hydrogen-bond donors (Lipinski definition) is 1. The van der Waals surface area contributed by atoms with Crippen molar-refractivity contribution in [1.29, 1.82) is 0 Å². The topological polar surface area (TPSA) is 32.3 Å². The summed E-state index contributed by atoms with van der Waals surface area (Å²) in [6, 6.07) is 0.610. The molecule has 1 aliphatic carbocycles. The molecule has 2 amide bonds. The number of nitrogens with one attached hydrogen (secondary N) is 1. The van der Waals surface area contributed by atoms with Crippen molar-refractivity contribution in [2.45, 2.75) is 6.42 Å². The van der Waals surface area contributed by atoms with Crippen LogP contribution in [-0.2, 0) is 0 Å². The Bertz CT molecular complexity index is 510. The van der Waals surface area contributed by atoms with Gasteiger partial charge >= 0.3 is 6.03 Å². The molecule has 1 aliphatic heterocycles. The number of hydrogen-bond acceptors (Lipinski definition) is 1. The Morgan fingerprint density at radius 2 is 1.72 bits per heavy atom. The average Bonchev–Trinajstić information content (AvgIpc) is 2.93. The molecule has 1 saturated heterocycles. The summed E-state index contributed by atoms with van der Waals surface area (Å²) in [4.78, 5) is 13.3. The third-order valence-corrected chi connectivity index (χ3v) is 3.52. The summed E-state index contributed by atoms with van der Waals surface area (Å²) < 4.78 is 39.0. The maximum absolute atomic E-state index is 13.3. The van der Waals surface area contributed by atoms with Gasteiger partial charge in [-0.1, -0.05) is 0 Å². The van der Waals surface area contributed by atoms with Crippen molar-refractivity contribution in [1.82, 2.24) is 4.90 Å². The molecule has 0 spiro atoms. The van der Waals surface area contributed by atoms with Gasteiger partial charge in [0.1, 0.15) is 5.82 Å². The van der Waals surface area contributed by atoms with Gasteiger partial charge in [-0.3, -0.25) is 0 Å². The number of rotatable bonds is 1. The summed E-state index contributed by atoms with van der Waals surface area (Å²) in [7, 11) is 0. The van der Waals surface area contributed by atoms with Crippen LogP contribution in [0.4, 0.5) is 23.7 Å². The first kappa shape index (κ1) is 11.4. The van der Waals surface area contributed by atoms with Crippen molar-refractivity contribution in [3.05, 3.63) is 29.6 Å². The summed E-state index contributed by atoms with van der Waals surface area (Å²) in [6.45, 7) is 1.31. The average molecular weight is 256 g/mol. The number of fused-ring (bicyclic) bond motifs is 1. The van der Waals surface area contributed by atoms with Crippen LogP contribution < -0.4 is 5.32 Å². The van der Waals surface area contributed by atoms with Crippen LogP contribution in [-0.4, -0.2) is 24.0 Å². The first-order chi connectivity index (χ1) is 8.54. The second kappa shape index (κ2) is 3.90. The van der Waals surface area contributed by atoms with Gasteiger partial charge in [0.2, 0.25) is 0 Å². The molecule has 1 aromatic rings. The van der Waals surface area contributed by atoms with E-state index in [2.05, 4.69) is 5.32 Å². The van der Waals surface area contributed by atoms with Crippen molar-refractivity contribution in [3.8, 4) is 0 Å². The Morgan fingerprint density at radius 1 is 1.11 bits per heavy atom. The number of benzene rings is 1. The summed E-state index contributed by atoms with van der Waals surface area (Å²) in [5.74, 6) is -2.31. The number of urea groups is 1. The van der Waals surface area contributed by atoms with E-state index in [1.807, 2.05) is 0 Å². The lowest BCUT2D eigenvalue weighted by Gasteiger charge is -2.18. The van der Waals surface area contributed by atoms with E-state index in [0.29, 0.717) is 37.1 Å². The molecule has 1 saturated carbocycles. The van der Waals surface area contributed by atoms with Gasteiger partial charge in [0, 0.05) is 25.2 Å². The summed E-state index contributed by atoms with van der Waals surface area (Å²) >= 11 is 0. The zero-order valence-electron chi connectivity index (χ0n) is 9.42. The van der Waals surface area contributed by atoms with Crippen molar-refractivity contribution in [2.24, 2.45) is 11.8 Å². The molecule has 1 N–H and O–H groups in total. The van der Waals surface area contributed by atoms with E-state index in [1.165, 1.54) is 0 Å². The van der Waals surface area contributed by atoms with Gasteiger partial charge in [-0.2, -0.15) is 0 Å². The Hall–Kier alpha value is -1.72. The first-order valence-corrected chi connectivity index (χ1v) is 5.75. The predicted octanol–water partition coefficient (Wildman–Crippen LogP) is 2.59. The van der Waals surface area contributed by atoms with E-state index < -0.39 is 23.5 Å². The van der Waals surface area contributed by atoms with Crippen LogP contribution in [0.15, 0.2) is 12.1 Å². The molecule has 1 aromatic carbocycles. The molecule has 0 aromatic heterocycles. The molecule has 18 heavy (non-hydrogen) atoms. The van der Waals surface area contributed by atoms with E-state index in [-0.39, 0.29) is 5.69 Å². The van der Waals surface area contributed by atoms with Crippen molar-refractivity contribution in [3.63, 3.8) is 0 Å². The van der Waals surface area contributed by atoms with Gasteiger partial charge in [0.15, 0.2) is 11.6 Å². The molecule has 3 nitrogen and oxygen atoms in total. The molecule has 1 heterocycles. The molecule has 3 rings (SSSR count). The molecule has 0 radical (unpaired) electrons. The van der Waals surface area contributed by atoms with Crippen molar-refractivity contribution >= 4 is 11.7 Å².